The standard InChI is InChI=1S/C19H17ClFN5O/c1-11(7-17-15(20)3-2-6-23-17)26-19-24-9-13(10-25-19)14-8-12(18(22)27)4-5-16(14)21/h2-6,8-11H,7H2,1H3,(H2,22,27)(H,24,25,26). The zero-order valence-corrected chi connectivity index (χ0v) is 15.2. The first-order valence-electron chi connectivity index (χ1n) is 8.21. The first-order chi connectivity index (χ1) is 12.9. The number of hydrogen-bond acceptors (Lipinski definition) is 5. The molecular formula is C19H17ClFN5O. The van der Waals surface area contributed by atoms with Crippen LogP contribution >= 0.6 is 11.6 Å². The van der Waals surface area contributed by atoms with Crippen molar-refractivity contribution in [2.75, 3.05) is 5.32 Å². The molecule has 3 rings (SSSR count). The highest BCUT2D eigenvalue weighted by molar-refractivity contribution is 6.31. The highest BCUT2D eigenvalue weighted by Crippen LogP contribution is 2.23. The van der Waals surface area contributed by atoms with Crippen molar-refractivity contribution in [3.05, 3.63) is 71.0 Å². The Kier molecular flexibility index (Phi) is 5.61. The van der Waals surface area contributed by atoms with Crippen molar-refractivity contribution in [2.45, 2.75) is 19.4 Å². The summed E-state index contributed by atoms with van der Waals surface area (Å²) in [6.45, 7) is 1.96. The fourth-order valence-corrected chi connectivity index (χ4v) is 2.77. The van der Waals surface area contributed by atoms with Crippen molar-refractivity contribution in [3.8, 4) is 11.1 Å². The van der Waals surface area contributed by atoms with E-state index >= 15 is 0 Å². The third-order valence-electron chi connectivity index (χ3n) is 3.92. The van der Waals surface area contributed by atoms with Crippen LogP contribution in [-0.2, 0) is 6.42 Å². The maximum Gasteiger partial charge on any atom is 0.248 e. The Labute approximate surface area is 160 Å². The van der Waals surface area contributed by atoms with Crippen LogP contribution in [0.25, 0.3) is 11.1 Å². The number of carbonyl (C=O) groups excluding carboxylic acids is 1. The first kappa shape index (κ1) is 18.7. The second-order valence-corrected chi connectivity index (χ2v) is 6.44. The SMILES string of the molecule is CC(Cc1ncccc1Cl)Nc1ncc(-c2cc(C(N)=O)ccc2F)cn1. The number of anilines is 1. The van der Waals surface area contributed by atoms with E-state index < -0.39 is 11.7 Å². The predicted molar refractivity (Wildman–Crippen MR) is 102 cm³/mol. The number of hydrogen-bond donors (Lipinski definition) is 2. The van der Waals surface area contributed by atoms with E-state index in [0.717, 1.165) is 5.69 Å². The average molecular weight is 386 g/mol. The van der Waals surface area contributed by atoms with Gasteiger partial charge in [0.15, 0.2) is 0 Å². The maximum absolute atomic E-state index is 14.1. The molecule has 0 bridgehead atoms. The number of nitrogens with two attached hydrogens (primary N) is 1. The van der Waals surface area contributed by atoms with Crippen LogP contribution in [0.3, 0.4) is 0 Å². The molecule has 27 heavy (non-hydrogen) atoms. The highest BCUT2D eigenvalue weighted by atomic mass is 35.5. The summed E-state index contributed by atoms with van der Waals surface area (Å²) in [5.41, 5.74) is 6.90. The summed E-state index contributed by atoms with van der Waals surface area (Å²) < 4.78 is 14.1. The average Bonchev–Trinajstić information content (AvgIpc) is 2.64. The molecule has 6 nitrogen and oxygen atoms in total. The molecule has 2 heterocycles. The zero-order chi connectivity index (χ0) is 19.4. The normalized spacial score (nSPS) is 11.8. The summed E-state index contributed by atoms with van der Waals surface area (Å²) in [7, 11) is 0. The van der Waals surface area contributed by atoms with Gasteiger partial charge in [-0.05, 0) is 37.3 Å². The Morgan fingerprint density at radius 3 is 2.67 bits per heavy atom. The third-order valence-corrected chi connectivity index (χ3v) is 4.27. The molecule has 0 saturated heterocycles. The van der Waals surface area contributed by atoms with Gasteiger partial charge in [-0.25, -0.2) is 14.4 Å². The van der Waals surface area contributed by atoms with Gasteiger partial charge in [0.25, 0.3) is 0 Å². The van der Waals surface area contributed by atoms with Crippen LogP contribution in [0.2, 0.25) is 5.02 Å². The lowest BCUT2D eigenvalue weighted by Crippen LogP contribution is -2.20. The molecule has 0 aliphatic carbocycles. The van der Waals surface area contributed by atoms with E-state index in [4.69, 9.17) is 17.3 Å². The molecule has 0 aliphatic heterocycles. The smallest absolute Gasteiger partial charge is 0.248 e. The highest BCUT2D eigenvalue weighted by Gasteiger charge is 2.12. The largest absolute Gasteiger partial charge is 0.366 e. The summed E-state index contributed by atoms with van der Waals surface area (Å²) in [4.78, 5) is 24.0. The Morgan fingerprint density at radius 2 is 2.00 bits per heavy atom. The molecule has 3 N–H and O–H groups in total. The van der Waals surface area contributed by atoms with E-state index in [0.29, 0.717) is 23.0 Å². The van der Waals surface area contributed by atoms with Gasteiger partial charge in [0, 0.05) is 47.7 Å². The van der Waals surface area contributed by atoms with Crippen LogP contribution in [-0.4, -0.2) is 26.9 Å². The minimum absolute atomic E-state index is 0.0156. The molecule has 0 radical (unpaired) electrons. The number of nitrogens with one attached hydrogen (secondary N) is 1. The van der Waals surface area contributed by atoms with Crippen LogP contribution in [0, 0.1) is 5.82 Å². The van der Waals surface area contributed by atoms with Gasteiger partial charge in [-0.15, -0.1) is 0 Å². The van der Waals surface area contributed by atoms with Crippen molar-refractivity contribution in [1.29, 1.82) is 0 Å². The molecule has 8 heteroatoms. The van der Waals surface area contributed by atoms with Crippen molar-refractivity contribution in [2.24, 2.45) is 5.73 Å². The van der Waals surface area contributed by atoms with E-state index in [1.165, 1.54) is 30.6 Å². The number of benzene rings is 1. The predicted octanol–water partition coefficient (Wildman–Crippen LogP) is 3.47. The molecule has 1 atom stereocenters. The summed E-state index contributed by atoms with van der Waals surface area (Å²) in [5, 5.41) is 3.76. The number of primary amides is 1. The van der Waals surface area contributed by atoms with Gasteiger partial charge >= 0.3 is 0 Å². The summed E-state index contributed by atoms with van der Waals surface area (Å²) >= 11 is 6.12. The Morgan fingerprint density at radius 1 is 1.26 bits per heavy atom. The van der Waals surface area contributed by atoms with E-state index in [-0.39, 0.29) is 17.2 Å². The van der Waals surface area contributed by atoms with Crippen molar-refractivity contribution in [1.82, 2.24) is 15.0 Å². The summed E-state index contributed by atoms with van der Waals surface area (Å²) in [6, 6.07) is 7.46. The number of halogens is 2. The number of carbonyl (C=O) groups is 1. The molecule has 1 amide bonds. The Bertz CT molecular complexity index is 965. The first-order valence-corrected chi connectivity index (χ1v) is 8.59. The fourth-order valence-electron chi connectivity index (χ4n) is 2.57. The quantitative estimate of drug-likeness (QED) is 0.677. The van der Waals surface area contributed by atoms with Crippen LogP contribution in [0.4, 0.5) is 10.3 Å². The maximum atomic E-state index is 14.1. The van der Waals surface area contributed by atoms with Crippen LogP contribution < -0.4 is 11.1 Å². The minimum Gasteiger partial charge on any atom is -0.366 e. The van der Waals surface area contributed by atoms with Gasteiger partial charge in [-0.3, -0.25) is 9.78 Å². The topological polar surface area (TPSA) is 93.8 Å². The Balaban J connectivity index is 1.73. The van der Waals surface area contributed by atoms with Gasteiger partial charge in [0.1, 0.15) is 5.82 Å². The number of nitrogens with zero attached hydrogens (tertiary/aromatic N) is 3. The number of aromatic nitrogens is 3. The molecule has 1 aromatic carbocycles. The lowest BCUT2D eigenvalue weighted by molar-refractivity contribution is 0.100. The van der Waals surface area contributed by atoms with Gasteiger partial charge in [-0.2, -0.15) is 0 Å². The van der Waals surface area contributed by atoms with Crippen molar-refractivity contribution < 1.29 is 9.18 Å². The van der Waals surface area contributed by atoms with Crippen molar-refractivity contribution >= 4 is 23.5 Å². The minimum atomic E-state index is -0.627. The molecule has 0 fully saturated rings. The molecule has 3 aromatic rings. The second kappa shape index (κ2) is 8.09. The molecule has 138 valence electrons. The van der Waals surface area contributed by atoms with Gasteiger partial charge in [0.2, 0.25) is 11.9 Å². The summed E-state index contributed by atoms with van der Waals surface area (Å²) in [6.07, 6.45) is 5.26. The molecule has 2 aromatic heterocycles. The second-order valence-electron chi connectivity index (χ2n) is 6.04. The molecule has 1 unspecified atom stereocenters. The van der Waals surface area contributed by atoms with Crippen LogP contribution in [0.1, 0.15) is 23.0 Å². The van der Waals surface area contributed by atoms with E-state index in [1.54, 1.807) is 18.3 Å². The number of pyridine rings is 1. The molecule has 0 spiro atoms. The molecular weight excluding hydrogens is 369 g/mol. The Hall–Kier alpha value is -3.06. The third kappa shape index (κ3) is 4.57. The molecule has 0 aliphatic rings. The number of rotatable bonds is 6. The van der Waals surface area contributed by atoms with Gasteiger partial charge in [0.05, 0.1) is 10.7 Å². The number of amides is 1. The van der Waals surface area contributed by atoms with Crippen LogP contribution in [0.15, 0.2) is 48.9 Å². The lowest BCUT2D eigenvalue weighted by Gasteiger charge is -2.14. The lowest BCUT2D eigenvalue weighted by atomic mass is 10.0. The monoisotopic (exact) mass is 385 g/mol. The van der Waals surface area contributed by atoms with E-state index in [1.807, 2.05) is 6.92 Å². The summed E-state index contributed by atoms with van der Waals surface area (Å²) in [5.74, 6) is -0.718. The van der Waals surface area contributed by atoms with Crippen molar-refractivity contribution in [3.63, 3.8) is 0 Å². The fraction of sp³-hybridized carbons (Fsp3) is 0.158. The van der Waals surface area contributed by atoms with Gasteiger partial charge in [-0.1, -0.05) is 11.6 Å². The van der Waals surface area contributed by atoms with Gasteiger partial charge < -0.3 is 11.1 Å². The molecule has 0 saturated carbocycles. The van der Waals surface area contributed by atoms with Crippen LogP contribution in [0.5, 0.6) is 0 Å². The zero-order valence-electron chi connectivity index (χ0n) is 14.5. The van der Waals surface area contributed by atoms with E-state index in [9.17, 15) is 9.18 Å². The van der Waals surface area contributed by atoms with E-state index in [2.05, 4.69) is 20.3 Å².